The first-order valence-electron chi connectivity index (χ1n) is 6.98. The van der Waals surface area contributed by atoms with Crippen molar-refractivity contribution < 1.29 is 0 Å². The molecule has 0 saturated carbocycles. The molecule has 0 bridgehead atoms. The Morgan fingerprint density at radius 1 is 1.30 bits per heavy atom. The van der Waals surface area contributed by atoms with E-state index in [0.29, 0.717) is 5.82 Å². The predicted molar refractivity (Wildman–Crippen MR) is 86.5 cm³/mol. The average molecular weight is 290 g/mol. The van der Waals surface area contributed by atoms with E-state index < -0.39 is 0 Å². The van der Waals surface area contributed by atoms with Crippen LogP contribution in [0, 0.1) is 6.92 Å². The van der Waals surface area contributed by atoms with Gasteiger partial charge in [0, 0.05) is 30.5 Å². The highest BCUT2D eigenvalue weighted by Crippen LogP contribution is 2.21. The molecule has 0 unspecified atom stereocenters. The minimum absolute atomic E-state index is 0.599. The maximum Gasteiger partial charge on any atom is 0.137 e. The van der Waals surface area contributed by atoms with Crippen molar-refractivity contribution in [2.24, 2.45) is 0 Å². The Morgan fingerprint density at radius 2 is 2.10 bits per heavy atom. The highest BCUT2D eigenvalue weighted by molar-refractivity contribution is 7.09. The van der Waals surface area contributed by atoms with Crippen LogP contribution in [0.15, 0.2) is 17.5 Å². The summed E-state index contributed by atoms with van der Waals surface area (Å²) in [6.07, 6.45) is 2.93. The molecule has 4 nitrogen and oxygen atoms in total. The molecule has 0 fully saturated rings. The van der Waals surface area contributed by atoms with Gasteiger partial charge in [0.25, 0.3) is 0 Å². The van der Waals surface area contributed by atoms with Crippen molar-refractivity contribution in [2.75, 3.05) is 24.2 Å². The smallest absolute Gasteiger partial charge is 0.137 e. The summed E-state index contributed by atoms with van der Waals surface area (Å²) in [4.78, 5) is 12.6. The van der Waals surface area contributed by atoms with Crippen LogP contribution in [-0.4, -0.2) is 23.6 Å². The minimum atomic E-state index is 0.599. The average Bonchev–Trinajstić information content (AvgIpc) is 2.93. The normalized spacial score (nSPS) is 10.8. The van der Waals surface area contributed by atoms with Crippen LogP contribution in [0.4, 0.5) is 11.6 Å². The van der Waals surface area contributed by atoms with E-state index in [-0.39, 0.29) is 0 Å². The van der Waals surface area contributed by atoms with Gasteiger partial charge in [0.05, 0.1) is 0 Å². The van der Waals surface area contributed by atoms with E-state index in [1.165, 1.54) is 4.88 Å². The summed E-state index contributed by atoms with van der Waals surface area (Å²) in [6, 6.07) is 4.26. The molecule has 108 valence electrons. The van der Waals surface area contributed by atoms with Crippen molar-refractivity contribution in [3.8, 4) is 0 Å². The van der Waals surface area contributed by atoms with Gasteiger partial charge in [0.1, 0.15) is 17.5 Å². The van der Waals surface area contributed by atoms with E-state index in [1.807, 2.05) is 6.92 Å². The fraction of sp³-hybridized carbons (Fsp3) is 0.467. The van der Waals surface area contributed by atoms with Gasteiger partial charge in [-0.3, -0.25) is 0 Å². The molecule has 0 atom stereocenters. The molecule has 2 heterocycles. The number of aryl methyl sites for hydroxylation is 1. The highest BCUT2D eigenvalue weighted by Gasteiger charge is 2.12. The third-order valence-electron chi connectivity index (χ3n) is 3.31. The molecule has 2 aromatic heterocycles. The van der Waals surface area contributed by atoms with Gasteiger partial charge in [-0.2, -0.15) is 0 Å². The zero-order valence-electron chi connectivity index (χ0n) is 12.4. The Bertz CT molecular complexity index is 551. The SMILES string of the molecule is CCCc1nc(N)c(C)c(N(C)CCc2cccs2)n1. The predicted octanol–water partition coefficient (Wildman–Crippen LogP) is 3.06. The lowest BCUT2D eigenvalue weighted by molar-refractivity contribution is 0.804. The van der Waals surface area contributed by atoms with Crippen molar-refractivity contribution in [3.63, 3.8) is 0 Å². The molecule has 0 saturated heterocycles. The summed E-state index contributed by atoms with van der Waals surface area (Å²) in [5.41, 5.74) is 6.98. The second kappa shape index (κ2) is 6.70. The highest BCUT2D eigenvalue weighted by atomic mass is 32.1. The fourth-order valence-electron chi connectivity index (χ4n) is 2.11. The van der Waals surface area contributed by atoms with E-state index >= 15 is 0 Å². The van der Waals surface area contributed by atoms with Crippen LogP contribution in [0.2, 0.25) is 0 Å². The minimum Gasteiger partial charge on any atom is -0.383 e. The Morgan fingerprint density at radius 3 is 2.75 bits per heavy atom. The first kappa shape index (κ1) is 14.8. The van der Waals surface area contributed by atoms with Crippen LogP contribution in [0.25, 0.3) is 0 Å². The molecule has 20 heavy (non-hydrogen) atoms. The third kappa shape index (κ3) is 3.48. The molecule has 0 radical (unpaired) electrons. The quantitative estimate of drug-likeness (QED) is 0.888. The number of hydrogen-bond acceptors (Lipinski definition) is 5. The molecule has 0 aliphatic heterocycles. The molecule has 2 N–H and O–H groups in total. The number of rotatable bonds is 6. The first-order chi connectivity index (χ1) is 9.61. The molecule has 0 aliphatic carbocycles. The van der Waals surface area contributed by atoms with Gasteiger partial charge in [-0.15, -0.1) is 11.3 Å². The Kier molecular flexibility index (Phi) is 4.95. The van der Waals surface area contributed by atoms with Crippen LogP contribution < -0.4 is 10.6 Å². The number of anilines is 2. The van der Waals surface area contributed by atoms with Crippen molar-refractivity contribution >= 4 is 23.0 Å². The number of nitrogens with two attached hydrogens (primary N) is 1. The topological polar surface area (TPSA) is 55.0 Å². The van der Waals surface area contributed by atoms with Gasteiger partial charge in [-0.05, 0) is 31.2 Å². The van der Waals surface area contributed by atoms with E-state index in [0.717, 1.165) is 43.0 Å². The van der Waals surface area contributed by atoms with Gasteiger partial charge < -0.3 is 10.6 Å². The van der Waals surface area contributed by atoms with Gasteiger partial charge in [-0.1, -0.05) is 13.0 Å². The summed E-state index contributed by atoms with van der Waals surface area (Å²) in [7, 11) is 2.07. The van der Waals surface area contributed by atoms with E-state index in [1.54, 1.807) is 11.3 Å². The number of thiophene rings is 1. The Balaban J connectivity index is 2.13. The second-order valence-electron chi connectivity index (χ2n) is 4.97. The summed E-state index contributed by atoms with van der Waals surface area (Å²) < 4.78 is 0. The summed E-state index contributed by atoms with van der Waals surface area (Å²) in [6.45, 7) is 5.05. The van der Waals surface area contributed by atoms with Gasteiger partial charge >= 0.3 is 0 Å². The molecule has 5 heteroatoms. The van der Waals surface area contributed by atoms with Crippen LogP contribution in [0.1, 0.15) is 29.6 Å². The summed E-state index contributed by atoms with van der Waals surface area (Å²) in [5, 5.41) is 2.11. The second-order valence-corrected chi connectivity index (χ2v) is 6.01. The number of hydrogen-bond donors (Lipinski definition) is 1. The molecule has 2 aromatic rings. The molecule has 0 aliphatic rings. The molecular formula is C15H22N4S. The lowest BCUT2D eigenvalue weighted by atomic mass is 10.2. The Hall–Kier alpha value is -1.62. The fourth-order valence-corrected chi connectivity index (χ4v) is 2.81. The summed E-state index contributed by atoms with van der Waals surface area (Å²) in [5.74, 6) is 2.40. The largest absolute Gasteiger partial charge is 0.383 e. The van der Waals surface area contributed by atoms with Crippen LogP contribution in [0.5, 0.6) is 0 Å². The van der Waals surface area contributed by atoms with Crippen LogP contribution in [0.3, 0.4) is 0 Å². The lowest BCUT2D eigenvalue weighted by Crippen LogP contribution is -2.23. The van der Waals surface area contributed by atoms with Crippen molar-refractivity contribution in [1.82, 2.24) is 9.97 Å². The van der Waals surface area contributed by atoms with Crippen LogP contribution >= 0.6 is 11.3 Å². The van der Waals surface area contributed by atoms with Crippen molar-refractivity contribution in [2.45, 2.75) is 33.1 Å². The van der Waals surface area contributed by atoms with Crippen molar-refractivity contribution in [3.05, 3.63) is 33.8 Å². The number of nitrogen functional groups attached to an aromatic ring is 1. The van der Waals surface area contributed by atoms with Crippen LogP contribution in [-0.2, 0) is 12.8 Å². The molecule has 0 amide bonds. The van der Waals surface area contributed by atoms with Gasteiger partial charge in [-0.25, -0.2) is 9.97 Å². The lowest BCUT2D eigenvalue weighted by Gasteiger charge is -2.21. The molecule has 0 aromatic carbocycles. The zero-order valence-corrected chi connectivity index (χ0v) is 13.2. The number of likely N-dealkylation sites (N-methyl/N-ethyl adjacent to an activating group) is 1. The van der Waals surface area contributed by atoms with E-state index in [9.17, 15) is 0 Å². The summed E-state index contributed by atoms with van der Waals surface area (Å²) >= 11 is 1.79. The Labute approximate surface area is 124 Å². The van der Waals surface area contributed by atoms with E-state index in [4.69, 9.17) is 5.73 Å². The third-order valence-corrected chi connectivity index (χ3v) is 4.25. The maximum atomic E-state index is 6.00. The number of nitrogens with zero attached hydrogens (tertiary/aromatic N) is 3. The first-order valence-corrected chi connectivity index (χ1v) is 7.86. The van der Waals surface area contributed by atoms with Gasteiger partial charge in [0.15, 0.2) is 0 Å². The van der Waals surface area contributed by atoms with E-state index in [2.05, 4.69) is 46.4 Å². The molecular weight excluding hydrogens is 268 g/mol. The van der Waals surface area contributed by atoms with Crippen molar-refractivity contribution in [1.29, 1.82) is 0 Å². The molecule has 2 rings (SSSR count). The zero-order chi connectivity index (χ0) is 14.5. The maximum absolute atomic E-state index is 6.00. The monoisotopic (exact) mass is 290 g/mol. The van der Waals surface area contributed by atoms with Gasteiger partial charge in [0.2, 0.25) is 0 Å². The number of aromatic nitrogens is 2. The standard InChI is InChI=1S/C15H22N4S/c1-4-6-13-17-14(16)11(2)15(18-13)19(3)9-8-12-7-5-10-20-12/h5,7,10H,4,6,8-9H2,1-3H3,(H2,16,17,18). The molecule has 0 spiro atoms.